The van der Waals surface area contributed by atoms with Gasteiger partial charge >= 0.3 is 11.9 Å². The number of halogens is 3. The number of anilines is 2. The summed E-state index contributed by atoms with van der Waals surface area (Å²) < 4.78 is 46.8. The van der Waals surface area contributed by atoms with Gasteiger partial charge in [0.05, 0.1) is 12.1 Å². The van der Waals surface area contributed by atoms with Crippen LogP contribution < -0.4 is 16.0 Å². The molecule has 6 rings (SSSR count). The lowest BCUT2D eigenvalue weighted by atomic mass is 9.80. The largest absolute Gasteiger partial charge is 0.439 e. The molecule has 0 saturated heterocycles. The second-order valence-electron chi connectivity index (χ2n) is 11.8. The third kappa shape index (κ3) is 6.12. The molecule has 13 heteroatoms. The first-order chi connectivity index (χ1) is 20.7. The first-order valence-corrected chi connectivity index (χ1v) is 15.2. The molecule has 3 heterocycles. The van der Waals surface area contributed by atoms with E-state index in [9.17, 15) is 18.0 Å². The van der Waals surface area contributed by atoms with Gasteiger partial charge in [-0.1, -0.05) is 49.9 Å². The van der Waals surface area contributed by atoms with Crippen LogP contribution in [0.2, 0.25) is 0 Å². The normalized spacial score (nSPS) is 17.2. The van der Waals surface area contributed by atoms with Crippen molar-refractivity contribution in [2.75, 3.05) is 16.8 Å². The summed E-state index contributed by atoms with van der Waals surface area (Å²) in [5.41, 5.74) is 1.09. The monoisotopic (exact) mass is 598 g/mol. The van der Waals surface area contributed by atoms with Crippen LogP contribution in [0.3, 0.4) is 0 Å². The van der Waals surface area contributed by atoms with Crippen molar-refractivity contribution in [1.82, 2.24) is 29.7 Å². The highest BCUT2D eigenvalue weighted by Crippen LogP contribution is 2.36. The standard InChI is InChI=1S/C30H37F3N8O2/c1-3-16-40(22-10-5-4-6-11-22)28-37-25-23(41(28)17-19-12-14-21(15-13-19)30(31,32)33)24(34-18(2)20-8-7-9-20)35-26(36-25)27-38-29(42)43-39-27/h12-15,18,20,22H,3-11,16-17H2,1-2H3,(H,34,35,36)(H,38,39,42). The highest BCUT2D eigenvalue weighted by Gasteiger charge is 2.32. The predicted molar refractivity (Wildman–Crippen MR) is 157 cm³/mol. The van der Waals surface area contributed by atoms with E-state index in [0.717, 1.165) is 63.6 Å². The van der Waals surface area contributed by atoms with Crippen LogP contribution >= 0.6 is 0 Å². The van der Waals surface area contributed by atoms with Gasteiger partial charge in [0, 0.05) is 18.6 Å². The summed E-state index contributed by atoms with van der Waals surface area (Å²) in [6.45, 7) is 5.31. The van der Waals surface area contributed by atoms with Crippen LogP contribution in [0.1, 0.15) is 82.8 Å². The van der Waals surface area contributed by atoms with E-state index < -0.39 is 17.5 Å². The molecule has 2 fully saturated rings. The van der Waals surface area contributed by atoms with E-state index in [-0.39, 0.29) is 24.2 Å². The third-order valence-electron chi connectivity index (χ3n) is 8.82. The average molecular weight is 599 g/mol. The molecule has 0 aliphatic heterocycles. The molecule has 1 aromatic carbocycles. The molecular formula is C30H37F3N8O2. The van der Waals surface area contributed by atoms with Crippen molar-refractivity contribution >= 4 is 22.9 Å². The zero-order valence-electron chi connectivity index (χ0n) is 24.5. The average Bonchev–Trinajstić information content (AvgIpc) is 3.54. The number of fused-ring (bicyclic) bond motifs is 1. The summed E-state index contributed by atoms with van der Waals surface area (Å²) in [6, 6.07) is 5.67. The van der Waals surface area contributed by atoms with Crippen molar-refractivity contribution < 1.29 is 17.7 Å². The highest BCUT2D eigenvalue weighted by molar-refractivity contribution is 5.87. The maximum absolute atomic E-state index is 13.3. The topological polar surface area (TPSA) is 118 Å². The lowest BCUT2D eigenvalue weighted by Gasteiger charge is -2.35. The summed E-state index contributed by atoms with van der Waals surface area (Å²) in [5, 5.41) is 7.40. The quantitative estimate of drug-likeness (QED) is 0.216. The first kappa shape index (κ1) is 29.2. The van der Waals surface area contributed by atoms with Gasteiger partial charge in [-0.3, -0.25) is 9.51 Å². The van der Waals surface area contributed by atoms with Gasteiger partial charge in [0.1, 0.15) is 5.52 Å². The molecule has 1 atom stereocenters. The van der Waals surface area contributed by atoms with Gasteiger partial charge in [0.15, 0.2) is 11.5 Å². The second-order valence-corrected chi connectivity index (χ2v) is 11.8. The number of hydrogen-bond donors (Lipinski definition) is 2. The molecule has 230 valence electrons. The van der Waals surface area contributed by atoms with Crippen molar-refractivity contribution in [2.45, 2.75) is 96.4 Å². The first-order valence-electron chi connectivity index (χ1n) is 15.2. The lowest BCUT2D eigenvalue weighted by Crippen LogP contribution is -2.39. The van der Waals surface area contributed by atoms with E-state index >= 15 is 0 Å². The lowest BCUT2D eigenvalue weighted by molar-refractivity contribution is -0.137. The molecule has 0 bridgehead atoms. The van der Waals surface area contributed by atoms with E-state index in [0.29, 0.717) is 40.5 Å². The summed E-state index contributed by atoms with van der Waals surface area (Å²) in [4.78, 5) is 31.2. The third-order valence-corrected chi connectivity index (χ3v) is 8.82. The molecule has 1 unspecified atom stereocenters. The van der Waals surface area contributed by atoms with Crippen LogP contribution in [0, 0.1) is 5.92 Å². The van der Waals surface area contributed by atoms with Gasteiger partial charge in [0.25, 0.3) is 0 Å². The SMILES string of the molecule is CCCN(c1nc2nc(-c3noc(=O)[nH]3)nc(NC(C)C3CCC3)c2n1Cc1ccc(C(F)(F)F)cc1)C1CCCCC1. The van der Waals surface area contributed by atoms with Gasteiger partial charge in [-0.15, -0.1) is 0 Å². The molecule has 0 spiro atoms. The van der Waals surface area contributed by atoms with Crippen molar-refractivity contribution in [2.24, 2.45) is 5.92 Å². The molecule has 43 heavy (non-hydrogen) atoms. The minimum Gasteiger partial charge on any atom is -0.365 e. The van der Waals surface area contributed by atoms with Gasteiger partial charge in [-0.05, 0) is 62.6 Å². The number of rotatable bonds is 10. The zero-order valence-corrected chi connectivity index (χ0v) is 24.5. The maximum atomic E-state index is 13.3. The molecule has 2 N–H and O–H groups in total. The van der Waals surface area contributed by atoms with Crippen molar-refractivity contribution in [3.8, 4) is 11.6 Å². The van der Waals surface area contributed by atoms with Crippen molar-refractivity contribution in [3.63, 3.8) is 0 Å². The molecule has 0 amide bonds. The number of benzene rings is 1. The second kappa shape index (κ2) is 12.0. The van der Waals surface area contributed by atoms with Gasteiger partial charge < -0.3 is 14.8 Å². The molecular weight excluding hydrogens is 561 g/mol. The minimum atomic E-state index is -4.41. The number of nitrogens with one attached hydrogen (secondary N) is 2. The Balaban J connectivity index is 1.52. The fourth-order valence-electron chi connectivity index (χ4n) is 6.26. The van der Waals surface area contributed by atoms with Gasteiger partial charge in [-0.25, -0.2) is 14.8 Å². The van der Waals surface area contributed by atoms with Gasteiger partial charge in [-0.2, -0.15) is 18.2 Å². The molecule has 0 radical (unpaired) electrons. The predicted octanol–water partition coefficient (Wildman–Crippen LogP) is 6.39. The molecule has 10 nitrogen and oxygen atoms in total. The van der Waals surface area contributed by atoms with E-state index in [2.05, 4.69) is 34.2 Å². The summed E-state index contributed by atoms with van der Waals surface area (Å²) in [7, 11) is 0. The van der Waals surface area contributed by atoms with E-state index in [1.54, 1.807) is 0 Å². The van der Waals surface area contributed by atoms with E-state index in [1.165, 1.54) is 25.0 Å². The van der Waals surface area contributed by atoms with Crippen molar-refractivity contribution in [1.29, 1.82) is 0 Å². The Morgan fingerprint density at radius 3 is 2.42 bits per heavy atom. The molecule has 2 aliphatic carbocycles. The molecule has 4 aromatic rings. The molecule has 2 aliphatic rings. The number of alkyl halides is 3. The Morgan fingerprint density at radius 2 is 1.81 bits per heavy atom. The summed E-state index contributed by atoms with van der Waals surface area (Å²) >= 11 is 0. The zero-order chi connectivity index (χ0) is 30.1. The number of aromatic nitrogens is 6. The van der Waals surface area contributed by atoms with Crippen LogP contribution in [-0.2, 0) is 12.7 Å². The smallest absolute Gasteiger partial charge is 0.365 e. The summed E-state index contributed by atoms with van der Waals surface area (Å²) in [6.07, 6.45) is 5.49. The fourth-order valence-corrected chi connectivity index (χ4v) is 6.26. The van der Waals surface area contributed by atoms with E-state index in [4.69, 9.17) is 19.5 Å². The van der Waals surface area contributed by atoms with Gasteiger partial charge in [0.2, 0.25) is 17.6 Å². The number of imidazole rings is 1. The number of H-pyrrole nitrogens is 1. The minimum absolute atomic E-state index is 0.0998. The Hall–Kier alpha value is -3.90. The van der Waals surface area contributed by atoms with Crippen LogP contribution in [0.15, 0.2) is 33.6 Å². The van der Waals surface area contributed by atoms with Crippen molar-refractivity contribution in [3.05, 3.63) is 45.9 Å². The Bertz CT molecular complexity index is 1600. The number of aromatic amines is 1. The Kier molecular flexibility index (Phi) is 8.15. The molecule has 3 aromatic heterocycles. The number of hydrogen-bond acceptors (Lipinski definition) is 8. The van der Waals surface area contributed by atoms with Crippen LogP contribution in [0.4, 0.5) is 24.9 Å². The highest BCUT2D eigenvalue weighted by atomic mass is 19.4. The van der Waals surface area contributed by atoms with Crippen LogP contribution in [-0.4, -0.2) is 48.3 Å². The summed E-state index contributed by atoms with van der Waals surface area (Å²) in [5.74, 6) is 1.30. The fraction of sp³-hybridized carbons (Fsp3) is 0.567. The van der Waals surface area contributed by atoms with Crippen LogP contribution in [0.5, 0.6) is 0 Å². The Morgan fingerprint density at radius 1 is 1.07 bits per heavy atom. The van der Waals surface area contributed by atoms with Crippen LogP contribution in [0.25, 0.3) is 22.8 Å². The maximum Gasteiger partial charge on any atom is 0.439 e. The Labute approximate surface area is 247 Å². The number of nitrogens with zero attached hydrogens (tertiary/aromatic N) is 6. The van der Waals surface area contributed by atoms with E-state index in [1.807, 2.05) is 4.57 Å². The molecule has 2 saturated carbocycles.